The lowest BCUT2D eigenvalue weighted by Gasteiger charge is -2.10. The number of ether oxygens (including phenoxy) is 2. The second kappa shape index (κ2) is 6.58. The Labute approximate surface area is 129 Å². The third kappa shape index (κ3) is 3.33. The van der Waals surface area contributed by atoms with Crippen LogP contribution in [-0.4, -0.2) is 36.2 Å². The van der Waals surface area contributed by atoms with Crippen LogP contribution in [0, 0.1) is 0 Å². The molecule has 5 nitrogen and oxygen atoms in total. The van der Waals surface area contributed by atoms with Crippen LogP contribution in [-0.2, 0) is 4.79 Å². The quantitative estimate of drug-likeness (QED) is 0.667. The molecule has 0 saturated carbocycles. The number of hydrogen-bond donors (Lipinski definition) is 1. The smallest absolute Gasteiger partial charge is 0.276 e. The molecule has 1 fully saturated rings. The Bertz CT molecular complexity index is 599. The summed E-state index contributed by atoms with van der Waals surface area (Å²) in [5.41, 5.74) is 1.24. The van der Waals surface area contributed by atoms with Crippen LogP contribution >= 0.6 is 12.2 Å². The van der Waals surface area contributed by atoms with Crippen molar-refractivity contribution in [2.24, 2.45) is 0 Å². The molecule has 0 unspecified atom stereocenters. The monoisotopic (exact) mass is 306 g/mol. The van der Waals surface area contributed by atoms with Gasteiger partial charge >= 0.3 is 0 Å². The van der Waals surface area contributed by atoms with E-state index in [-0.39, 0.29) is 5.91 Å². The molecule has 6 heteroatoms. The van der Waals surface area contributed by atoms with Gasteiger partial charge in [0.1, 0.15) is 17.2 Å². The molecule has 1 aliphatic rings. The number of thiocarbonyl (C=S) groups is 1. The number of hydrogen-bond acceptors (Lipinski definition) is 4. The molecule has 2 rings (SSSR count). The number of rotatable bonds is 5. The number of nitrogens with one attached hydrogen (secondary N) is 1. The van der Waals surface area contributed by atoms with Crippen molar-refractivity contribution in [3.63, 3.8) is 0 Å². The summed E-state index contributed by atoms with van der Waals surface area (Å²) in [4.78, 5) is 13.4. The van der Waals surface area contributed by atoms with Gasteiger partial charge in [-0.2, -0.15) is 0 Å². The summed E-state index contributed by atoms with van der Waals surface area (Å²) >= 11 is 5.05. The fraction of sp³-hybridized carbons (Fsp3) is 0.333. The van der Waals surface area contributed by atoms with Crippen molar-refractivity contribution in [2.45, 2.75) is 13.8 Å². The fourth-order valence-electron chi connectivity index (χ4n) is 1.95. The van der Waals surface area contributed by atoms with Crippen molar-refractivity contribution in [1.82, 2.24) is 10.2 Å². The third-order valence-electron chi connectivity index (χ3n) is 2.98. The van der Waals surface area contributed by atoms with Crippen molar-refractivity contribution in [3.05, 3.63) is 29.5 Å². The van der Waals surface area contributed by atoms with Gasteiger partial charge in [0, 0.05) is 18.7 Å². The maximum Gasteiger partial charge on any atom is 0.276 e. The summed E-state index contributed by atoms with van der Waals surface area (Å²) in [5.74, 6) is 1.25. The molecule has 1 heterocycles. The summed E-state index contributed by atoms with van der Waals surface area (Å²) < 4.78 is 11.1. The zero-order valence-corrected chi connectivity index (χ0v) is 13.1. The molecular formula is C15H18N2O3S. The average molecular weight is 306 g/mol. The lowest BCUT2D eigenvalue weighted by molar-refractivity contribution is -0.121. The van der Waals surface area contributed by atoms with Crippen LogP contribution in [0.3, 0.4) is 0 Å². The summed E-state index contributed by atoms with van der Waals surface area (Å²) in [6, 6.07) is 5.53. The fourth-order valence-corrected chi connectivity index (χ4v) is 2.14. The number of carbonyl (C=O) groups excluding carboxylic acids is 1. The largest absolute Gasteiger partial charge is 0.494 e. The van der Waals surface area contributed by atoms with Gasteiger partial charge < -0.3 is 14.8 Å². The molecule has 0 aliphatic carbocycles. The molecule has 1 aromatic rings. The second-order valence-corrected chi connectivity index (χ2v) is 4.80. The molecule has 21 heavy (non-hydrogen) atoms. The predicted molar refractivity (Wildman–Crippen MR) is 85.3 cm³/mol. The van der Waals surface area contributed by atoms with Gasteiger partial charge in [-0.15, -0.1) is 0 Å². The highest BCUT2D eigenvalue weighted by atomic mass is 32.1. The SMILES string of the molecule is CCOc1ccc(C=C2NC(=S)N(C)C2=O)c(OCC)c1. The Morgan fingerprint density at radius 1 is 1.29 bits per heavy atom. The molecule has 112 valence electrons. The number of likely N-dealkylation sites (N-methyl/N-ethyl adjacent to an activating group) is 1. The first-order valence-corrected chi connectivity index (χ1v) is 7.18. The zero-order chi connectivity index (χ0) is 15.4. The van der Waals surface area contributed by atoms with Crippen molar-refractivity contribution < 1.29 is 14.3 Å². The third-order valence-corrected chi connectivity index (χ3v) is 3.35. The van der Waals surface area contributed by atoms with Gasteiger partial charge in [0.25, 0.3) is 5.91 Å². The molecule has 1 amide bonds. The maximum absolute atomic E-state index is 12.0. The Balaban J connectivity index is 2.35. The molecule has 1 saturated heterocycles. The molecule has 1 N–H and O–H groups in total. The lowest BCUT2D eigenvalue weighted by atomic mass is 10.1. The van der Waals surface area contributed by atoms with Crippen LogP contribution in [0.25, 0.3) is 6.08 Å². The Morgan fingerprint density at radius 2 is 2.00 bits per heavy atom. The summed E-state index contributed by atoms with van der Waals surface area (Å²) in [5, 5.41) is 3.29. The van der Waals surface area contributed by atoms with E-state index in [1.165, 1.54) is 4.90 Å². The highest BCUT2D eigenvalue weighted by Gasteiger charge is 2.27. The number of carbonyl (C=O) groups is 1. The molecular weight excluding hydrogens is 288 g/mol. The van der Waals surface area contributed by atoms with Gasteiger partial charge in [-0.3, -0.25) is 9.69 Å². The molecule has 0 bridgehead atoms. The summed E-state index contributed by atoms with van der Waals surface area (Å²) in [6.07, 6.45) is 1.73. The number of amides is 1. The van der Waals surface area contributed by atoms with Crippen LogP contribution < -0.4 is 14.8 Å². The van der Waals surface area contributed by atoms with E-state index in [9.17, 15) is 4.79 Å². The van der Waals surface area contributed by atoms with Crippen LogP contribution in [0.4, 0.5) is 0 Å². The molecule has 0 spiro atoms. The van der Waals surface area contributed by atoms with Gasteiger partial charge in [-0.1, -0.05) is 0 Å². The van der Waals surface area contributed by atoms with Gasteiger partial charge in [0.05, 0.1) is 13.2 Å². The molecule has 1 aromatic carbocycles. The number of nitrogens with zero attached hydrogens (tertiary/aromatic N) is 1. The highest BCUT2D eigenvalue weighted by Crippen LogP contribution is 2.27. The first kappa shape index (κ1) is 15.3. The first-order valence-electron chi connectivity index (χ1n) is 6.77. The predicted octanol–water partition coefficient (Wildman–Crippen LogP) is 2.17. The van der Waals surface area contributed by atoms with Gasteiger partial charge in [0.2, 0.25) is 0 Å². The Kier molecular flexibility index (Phi) is 4.80. The minimum Gasteiger partial charge on any atom is -0.494 e. The van der Waals surface area contributed by atoms with E-state index in [0.717, 1.165) is 11.3 Å². The van der Waals surface area contributed by atoms with E-state index in [1.54, 1.807) is 13.1 Å². The van der Waals surface area contributed by atoms with E-state index in [1.807, 2.05) is 32.0 Å². The maximum atomic E-state index is 12.0. The summed E-state index contributed by atoms with van der Waals surface area (Å²) in [6.45, 7) is 4.96. The molecule has 1 aliphatic heterocycles. The lowest BCUT2D eigenvalue weighted by Crippen LogP contribution is -2.25. The second-order valence-electron chi connectivity index (χ2n) is 4.42. The van der Waals surface area contributed by atoms with E-state index < -0.39 is 0 Å². The highest BCUT2D eigenvalue weighted by molar-refractivity contribution is 7.80. The van der Waals surface area contributed by atoms with Crippen molar-refractivity contribution in [3.8, 4) is 11.5 Å². The zero-order valence-electron chi connectivity index (χ0n) is 12.3. The normalized spacial score (nSPS) is 16.3. The minimum absolute atomic E-state index is 0.156. The van der Waals surface area contributed by atoms with Crippen LogP contribution in [0.1, 0.15) is 19.4 Å². The van der Waals surface area contributed by atoms with Crippen LogP contribution in [0.2, 0.25) is 0 Å². The average Bonchev–Trinajstić information content (AvgIpc) is 2.70. The van der Waals surface area contributed by atoms with E-state index in [0.29, 0.717) is 29.8 Å². The van der Waals surface area contributed by atoms with Crippen molar-refractivity contribution in [1.29, 1.82) is 0 Å². The van der Waals surface area contributed by atoms with E-state index in [2.05, 4.69) is 5.32 Å². The van der Waals surface area contributed by atoms with Gasteiger partial charge in [-0.05, 0) is 44.3 Å². The Hall–Kier alpha value is -2.08. The Morgan fingerprint density at radius 3 is 2.57 bits per heavy atom. The minimum atomic E-state index is -0.156. The number of benzene rings is 1. The van der Waals surface area contributed by atoms with Crippen molar-refractivity contribution >= 4 is 29.3 Å². The van der Waals surface area contributed by atoms with Gasteiger partial charge in [-0.25, -0.2) is 0 Å². The van der Waals surface area contributed by atoms with Crippen LogP contribution in [0.15, 0.2) is 23.9 Å². The summed E-state index contributed by atoms with van der Waals surface area (Å²) in [7, 11) is 1.64. The molecule has 0 aromatic heterocycles. The first-order chi connectivity index (χ1) is 10.1. The van der Waals surface area contributed by atoms with E-state index in [4.69, 9.17) is 21.7 Å². The topological polar surface area (TPSA) is 50.8 Å². The van der Waals surface area contributed by atoms with Gasteiger partial charge in [0.15, 0.2) is 5.11 Å². The van der Waals surface area contributed by atoms with Crippen molar-refractivity contribution in [2.75, 3.05) is 20.3 Å². The molecule has 0 atom stereocenters. The van der Waals surface area contributed by atoms with Crippen LogP contribution in [0.5, 0.6) is 11.5 Å². The molecule has 0 radical (unpaired) electrons. The standard InChI is InChI=1S/C15H18N2O3S/c1-4-19-11-7-6-10(13(9-11)20-5-2)8-12-14(18)17(3)15(21)16-12/h6-9H,4-5H2,1-3H3,(H,16,21). The van der Waals surface area contributed by atoms with E-state index >= 15 is 0 Å².